The van der Waals surface area contributed by atoms with E-state index < -0.39 is 17.6 Å². The second kappa shape index (κ2) is 5.92. The van der Waals surface area contributed by atoms with Crippen molar-refractivity contribution in [3.05, 3.63) is 53.3 Å². The summed E-state index contributed by atoms with van der Waals surface area (Å²) in [5.74, 6) is -0.479. The molecule has 0 fully saturated rings. The Labute approximate surface area is 132 Å². The number of para-hydroxylation sites is 1. The molecule has 0 saturated heterocycles. The molecular formula is C14H11F3N4OS. The van der Waals surface area contributed by atoms with Crippen LogP contribution in [0.25, 0.3) is 4.96 Å². The topological polar surface area (TPSA) is 58.4 Å². The lowest BCUT2D eigenvalue weighted by Gasteiger charge is -2.14. The van der Waals surface area contributed by atoms with E-state index in [4.69, 9.17) is 0 Å². The van der Waals surface area contributed by atoms with Gasteiger partial charge in [0.25, 0.3) is 0 Å². The zero-order valence-corrected chi connectivity index (χ0v) is 12.4. The van der Waals surface area contributed by atoms with Crippen molar-refractivity contribution < 1.29 is 18.0 Å². The van der Waals surface area contributed by atoms with Crippen LogP contribution in [0.4, 0.5) is 18.9 Å². The number of nitrogens with one attached hydrogen (secondary N) is 2. The highest BCUT2D eigenvalue weighted by atomic mass is 32.1. The van der Waals surface area contributed by atoms with Crippen molar-refractivity contribution in [2.75, 3.05) is 5.43 Å². The molecule has 23 heavy (non-hydrogen) atoms. The average molecular weight is 340 g/mol. The molecule has 9 heteroatoms. The highest BCUT2D eigenvalue weighted by Crippen LogP contribution is 2.34. The lowest BCUT2D eigenvalue weighted by Crippen LogP contribution is -2.31. The zero-order chi connectivity index (χ0) is 16.4. The Morgan fingerprint density at radius 3 is 2.83 bits per heavy atom. The van der Waals surface area contributed by atoms with Gasteiger partial charge in [0, 0.05) is 17.8 Å². The Morgan fingerprint density at radius 2 is 2.09 bits per heavy atom. The molecule has 1 aromatic carbocycles. The van der Waals surface area contributed by atoms with Gasteiger partial charge in [0.05, 0.1) is 23.4 Å². The van der Waals surface area contributed by atoms with Crippen molar-refractivity contribution >= 4 is 27.9 Å². The molecule has 0 saturated carbocycles. The lowest BCUT2D eigenvalue weighted by molar-refractivity contribution is -0.137. The maximum atomic E-state index is 12.8. The number of carbonyl (C=O) groups excluding carboxylic acids is 1. The molecule has 0 aliphatic carbocycles. The zero-order valence-electron chi connectivity index (χ0n) is 11.6. The summed E-state index contributed by atoms with van der Waals surface area (Å²) < 4.78 is 40.3. The van der Waals surface area contributed by atoms with Crippen LogP contribution in [0.2, 0.25) is 0 Å². The number of amides is 1. The molecule has 0 spiro atoms. The molecule has 1 amide bonds. The van der Waals surface area contributed by atoms with Gasteiger partial charge >= 0.3 is 6.18 Å². The van der Waals surface area contributed by atoms with E-state index in [1.165, 1.54) is 29.5 Å². The first-order valence-electron chi connectivity index (χ1n) is 6.55. The molecule has 2 aromatic heterocycles. The molecule has 0 bridgehead atoms. The Balaban J connectivity index is 1.64. The minimum atomic E-state index is -4.50. The van der Waals surface area contributed by atoms with Gasteiger partial charge in [-0.25, -0.2) is 4.98 Å². The first kappa shape index (κ1) is 15.3. The van der Waals surface area contributed by atoms with Crippen molar-refractivity contribution in [1.29, 1.82) is 0 Å². The van der Waals surface area contributed by atoms with Crippen molar-refractivity contribution in [2.24, 2.45) is 0 Å². The predicted octanol–water partition coefficient (Wildman–Crippen LogP) is 3.10. The number of hydrazine groups is 1. The van der Waals surface area contributed by atoms with Gasteiger partial charge in [-0.1, -0.05) is 12.1 Å². The second-order valence-electron chi connectivity index (χ2n) is 4.72. The highest BCUT2D eigenvalue weighted by molar-refractivity contribution is 7.15. The van der Waals surface area contributed by atoms with Gasteiger partial charge in [-0.05, 0) is 12.1 Å². The fourth-order valence-corrected chi connectivity index (χ4v) is 2.77. The van der Waals surface area contributed by atoms with Gasteiger partial charge in [0.2, 0.25) is 5.91 Å². The number of rotatable bonds is 4. The Hall–Kier alpha value is -2.55. The average Bonchev–Trinajstić information content (AvgIpc) is 3.05. The molecule has 2 heterocycles. The molecule has 0 atom stereocenters. The molecular weight excluding hydrogens is 329 g/mol. The van der Waals surface area contributed by atoms with Crippen LogP contribution < -0.4 is 10.9 Å². The number of fused-ring (bicyclic) bond motifs is 1. The first-order chi connectivity index (χ1) is 10.9. The Bertz CT molecular complexity index is 811. The third-order valence-electron chi connectivity index (χ3n) is 3.05. The highest BCUT2D eigenvalue weighted by Gasteiger charge is 2.33. The molecule has 2 N–H and O–H groups in total. The molecule has 0 aliphatic heterocycles. The lowest BCUT2D eigenvalue weighted by atomic mass is 10.2. The van der Waals surface area contributed by atoms with Gasteiger partial charge < -0.3 is 0 Å². The van der Waals surface area contributed by atoms with E-state index in [1.54, 1.807) is 10.6 Å². The van der Waals surface area contributed by atoms with Crippen LogP contribution in [0, 0.1) is 0 Å². The number of thiazole rings is 1. The fraction of sp³-hybridized carbons (Fsp3) is 0.143. The summed E-state index contributed by atoms with van der Waals surface area (Å²) in [6.45, 7) is 0. The summed E-state index contributed by atoms with van der Waals surface area (Å²) in [6, 6.07) is 4.93. The van der Waals surface area contributed by atoms with Gasteiger partial charge in [0.15, 0.2) is 4.96 Å². The van der Waals surface area contributed by atoms with Gasteiger partial charge in [-0.2, -0.15) is 13.2 Å². The van der Waals surface area contributed by atoms with Crippen molar-refractivity contribution in [2.45, 2.75) is 12.6 Å². The fourth-order valence-electron chi connectivity index (χ4n) is 2.05. The smallest absolute Gasteiger partial charge is 0.298 e. The van der Waals surface area contributed by atoms with E-state index in [-0.39, 0.29) is 12.1 Å². The Kier molecular flexibility index (Phi) is 3.95. The maximum Gasteiger partial charge on any atom is 0.418 e. The van der Waals surface area contributed by atoms with E-state index in [1.807, 2.05) is 11.6 Å². The summed E-state index contributed by atoms with van der Waals surface area (Å²) in [5.41, 5.74) is 4.07. The predicted molar refractivity (Wildman–Crippen MR) is 80.0 cm³/mol. The van der Waals surface area contributed by atoms with Crippen LogP contribution in [0.3, 0.4) is 0 Å². The van der Waals surface area contributed by atoms with E-state index in [2.05, 4.69) is 15.8 Å². The van der Waals surface area contributed by atoms with Crippen molar-refractivity contribution in [3.8, 4) is 0 Å². The monoisotopic (exact) mass is 340 g/mol. The maximum absolute atomic E-state index is 12.8. The van der Waals surface area contributed by atoms with Crippen molar-refractivity contribution in [3.63, 3.8) is 0 Å². The van der Waals surface area contributed by atoms with E-state index in [0.29, 0.717) is 5.69 Å². The molecule has 0 radical (unpaired) electrons. The number of hydrogen-bond donors (Lipinski definition) is 2. The first-order valence-corrected chi connectivity index (χ1v) is 7.43. The molecule has 3 rings (SSSR count). The van der Waals surface area contributed by atoms with Gasteiger partial charge in [-0.3, -0.25) is 20.0 Å². The standard InChI is InChI=1S/C14H11F3N4OS/c15-14(16,17)10-3-1-2-4-11(10)19-20-12(22)7-9-8-21-5-6-23-13(21)18-9/h1-6,8,19H,7H2,(H,20,22). The van der Waals surface area contributed by atoms with E-state index in [0.717, 1.165) is 11.0 Å². The van der Waals surface area contributed by atoms with E-state index in [9.17, 15) is 18.0 Å². The number of halogens is 3. The number of nitrogens with zero attached hydrogens (tertiary/aromatic N) is 2. The van der Waals surface area contributed by atoms with Gasteiger partial charge in [0.1, 0.15) is 0 Å². The minimum Gasteiger partial charge on any atom is -0.298 e. The van der Waals surface area contributed by atoms with Crippen LogP contribution in [0.5, 0.6) is 0 Å². The number of hydrogen-bond acceptors (Lipinski definition) is 4. The summed E-state index contributed by atoms with van der Waals surface area (Å²) in [7, 11) is 0. The number of benzene rings is 1. The number of alkyl halides is 3. The number of anilines is 1. The molecule has 120 valence electrons. The Morgan fingerprint density at radius 1 is 1.30 bits per heavy atom. The summed E-state index contributed by atoms with van der Waals surface area (Å²) in [4.78, 5) is 16.8. The normalized spacial score (nSPS) is 11.6. The number of aromatic nitrogens is 2. The number of imidazole rings is 1. The molecule has 3 aromatic rings. The SMILES string of the molecule is O=C(Cc1cn2ccsc2n1)NNc1ccccc1C(F)(F)F. The second-order valence-corrected chi connectivity index (χ2v) is 5.59. The van der Waals surface area contributed by atoms with Crippen molar-refractivity contribution in [1.82, 2.24) is 14.8 Å². The third-order valence-corrected chi connectivity index (χ3v) is 3.82. The summed E-state index contributed by atoms with van der Waals surface area (Å²) >= 11 is 1.43. The summed E-state index contributed by atoms with van der Waals surface area (Å²) in [6.07, 6.45) is -1.01. The molecule has 5 nitrogen and oxygen atoms in total. The largest absolute Gasteiger partial charge is 0.418 e. The van der Waals surface area contributed by atoms with E-state index >= 15 is 0 Å². The quantitative estimate of drug-likeness (QED) is 0.718. The van der Waals surface area contributed by atoms with Crippen LogP contribution in [0.1, 0.15) is 11.3 Å². The molecule has 0 unspecified atom stereocenters. The minimum absolute atomic E-state index is 0.0322. The third kappa shape index (κ3) is 3.45. The van der Waals surface area contributed by atoms with Crippen LogP contribution in [-0.4, -0.2) is 15.3 Å². The van der Waals surface area contributed by atoms with Crippen LogP contribution >= 0.6 is 11.3 Å². The van der Waals surface area contributed by atoms with Gasteiger partial charge in [-0.15, -0.1) is 11.3 Å². The molecule has 0 aliphatic rings. The van der Waals surface area contributed by atoms with Crippen LogP contribution in [-0.2, 0) is 17.4 Å². The summed E-state index contributed by atoms with van der Waals surface area (Å²) in [5, 5.41) is 1.86. The van der Waals surface area contributed by atoms with Crippen LogP contribution in [0.15, 0.2) is 42.0 Å². The number of carbonyl (C=O) groups is 1.